The van der Waals surface area contributed by atoms with E-state index in [1.807, 2.05) is 0 Å². The number of hydrogen-bond acceptors (Lipinski definition) is 6. The molecule has 3 rings (SSSR count). The maximum Gasteiger partial charge on any atom is 0.163 e. The maximum absolute atomic E-state index is 11.2. The highest BCUT2D eigenvalue weighted by Crippen LogP contribution is 2.32. The number of benzene rings is 1. The lowest BCUT2D eigenvalue weighted by Crippen LogP contribution is -2.56. The molecule has 2 heterocycles. The van der Waals surface area contributed by atoms with E-state index in [9.17, 15) is 25.2 Å². The van der Waals surface area contributed by atoms with Crippen LogP contribution in [0.3, 0.4) is 0 Å². The number of ether oxygens (including phenoxy) is 1. The molecule has 1 aliphatic rings. The van der Waals surface area contributed by atoms with Crippen molar-refractivity contribution < 1.29 is 30.0 Å². The molecule has 0 saturated carbocycles. The summed E-state index contributed by atoms with van der Waals surface area (Å²) in [5, 5.41) is 39.8. The lowest BCUT2D eigenvalue weighted by molar-refractivity contribution is -0.250. The highest BCUT2D eigenvalue weighted by Gasteiger charge is 2.44. The van der Waals surface area contributed by atoms with Gasteiger partial charge in [-0.1, -0.05) is 18.2 Å². The summed E-state index contributed by atoms with van der Waals surface area (Å²) in [5.74, 6) is 0. The number of para-hydroxylation sites is 1. The van der Waals surface area contributed by atoms with Crippen molar-refractivity contribution in [3.63, 3.8) is 0 Å². The van der Waals surface area contributed by atoms with Gasteiger partial charge in [0.2, 0.25) is 0 Å². The van der Waals surface area contributed by atoms with Crippen molar-refractivity contribution in [2.75, 3.05) is 6.61 Å². The van der Waals surface area contributed by atoms with E-state index in [-0.39, 0.29) is 0 Å². The third-order valence-corrected chi connectivity index (χ3v) is 4.04. The Morgan fingerprint density at radius 1 is 1.14 bits per heavy atom. The number of aliphatic hydroxyl groups is 4. The second kappa shape index (κ2) is 5.79. The highest BCUT2D eigenvalue weighted by molar-refractivity contribution is 5.97. The van der Waals surface area contributed by atoms with E-state index < -0.39 is 37.3 Å². The number of aromatic nitrogens is 1. The molecule has 4 N–H and O–H groups in total. The third kappa shape index (κ3) is 2.23. The number of fused-ring (bicyclic) bond motifs is 1. The molecular weight excluding hydrogens is 290 g/mol. The van der Waals surface area contributed by atoms with Gasteiger partial charge in [0.25, 0.3) is 0 Å². The van der Waals surface area contributed by atoms with Crippen LogP contribution in [0, 0.1) is 0 Å². The second-order valence-corrected chi connectivity index (χ2v) is 5.35. The molecule has 5 atom stereocenters. The van der Waals surface area contributed by atoms with Gasteiger partial charge in [0, 0.05) is 17.1 Å². The zero-order chi connectivity index (χ0) is 15.9. The SMILES string of the molecule is O=Cc1cn([C@@H]2O[C@H](CO)[C@@H](O)[C@@H](O)[C@@H]2O)c2ccccc12. The van der Waals surface area contributed by atoms with E-state index in [1.54, 1.807) is 24.3 Å². The van der Waals surface area contributed by atoms with Gasteiger partial charge in [-0.15, -0.1) is 0 Å². The van der Waals surface area contributed by atoms with Crippen LogP contribution >= 0.6 is 0 Å². The van der Waals surface area contributed by atoms with Crippen LogP contribution in [0.2, 0.25) is 0 Å². The fourth-order valence-electron chi connectivity index (χ4n) is 2.85. The Balaban J connectivity index is 2.08. The van der Waals surface area contributed by atoms with Gasteiger partial charge < -0.3 is 29.7 Å². The predicted molar refractivity (Wildman–Crippen MR) is 76.3 cm³/mol. The van der Waals surface area contributed by atoms with Crippen LogP contribution in [0.1, 0.15) is 16.6 Å². The van der Waals surface area contributed by atoms with Gasteiger partial charge in [-0.25, -0.2) is 0 Å². The molecule has 22 heavy (non-hydrogen) atoms. The summed E-state index contributed by atoms with van der Waals surface area (Å²) < 4.78 is 7.05. The summed E-state index contributed by atoms with van der Waals surface area (Å²) in [7, 11) is 0. The average Bonchev–Trinajstić information content (AvgIpc) is 2.92. The standard InChI is InChI=1S/C15H17NO6/c17-6-8-5-16(10-4-2-1-3-9(8)10)15-14(21)13(20)12(19)11(7-18)22-15/h1-6,11-15,18-21H,7H2/t11-,12-,13-,14+,15-/m1/s1. The number of aldehydes is 1. The summed E-state index contributed by atoms with van der Waals surface area (Å²) >= 11 is 0. The second-order valence-electron chi connectivity index (χ2n) is 5.35. The minimum Gasteiger partial charge on any atom is -0.394 e. The highest BCUT2D eigenvalue weighted by atomic mass is 16.6. The van der Waals surface area contributed by atoms with Gasteiger partial charge in [0.1, 0.15) is 24.4 Å². The fourth-order valence-corrected chi connectivity index (χ4v) is 2.85. The number of hydrogen-bond donors (Lipinski definition) is 4. The largest absolute Gasteiger partial charge is 0.394 e. The molecule has 0 unspecified atom stereocenters. The quantitative estimate of drug-likeness (QED) is 0.565. The van der Waals surface area contributed by atoms with Crippen LogP contribution in [0.15, 0.2) is 30.5 Å². The van der Waals surface area contributed by atoms with Gasteiger partial charge in [0.05, 0.1) is 12.1 Å². The zero-order valence-electron chi connectivity index (χ0n) is 11.6. The number of nitrogens with zero attached hydrogens (tertiary/aromatic N) is 1. The number of rotatable bonds is 3. The van der Waals surface area contributed by atoms with Crippen LogP contribution in [0.4, 0.5) is 0 Å². The Morgan fingerprint density at radius 2 is 1.86 bits per heavy atom. The molecule has 0 radical (unpaired) electrons. The summed E-state index contributed by atoms with van der Waals surface area (Å²) in [6.07, 6.45) is -4.07. The molecule has 2 aromatic rings. The normalized spacial score (nSPS) is 32.3. The molecule has 0 spiro atoms. The van der Waals surface area contributed by atoms with Crippen molar-refractivity contribution >= 4 is 17.2 Å². The van der Waals surface area contributed by atoms with Crippen LogP contribution in [0.5, 0.6) is 0 Å². The first-order valence-electron chi connectivity index (χ1n) is 6.93. The summed E-state index contributed by atoms with van der Waals surface area (Å²) in [6, 6.07) is 7.08. The first-order chi connectivity index (χ1) is 10.6. The fraction of sp³-hybridized carbons (Fsp3) is 0.400. The molecule has 7 heteroatoms. The molecule has 1 saturated heterocycles. The van der Waals surface area contributed by atoms with Crippen LogP contribution in [-0.2, 0) is 4.74 Å². The first-order valence-corrected chi connectivity index (χ1v) is 6.93. The molecular formula is C15H17NO6. The van der Waals surface area contributed by atoms with Gasteiger partial charge in [0.15, 0.2) is 12.5 Å². The molecule has 1 fully saturated rings. The zero-order valence-corrected chi connectivity index (χ0v) is 11.6. The number of carbonyl (C=O) groups is 1. The van der Waals surface area contributed by atoms with E-state index in [1.165, 1.54) is 10.8 Å². The van der Waals surface area contributed by atoms with Crippen molar-refractivity contribution in [3.8, 4) is 0 Å². The number of aliphatic hydroxyl groups excluding tert-OH is 4. The summed E-state index contributed by atoms with van der Waals surface area (Å²) in [5.41, 5.74) is 1.07. The van der Waals surface area contributed by atoms with Crippen LogP contribution in [0.25, 0.3) is 10.9 Å². The van der Waals surface area contributed by atoms with E-state index in [0.717, 1.165) is 0 Å². The average molecular weight is 307 g/mol. The summed E-state index contributed by atoms with van der Waals surface area (Å²) in [6.45, 7) is -0.499. The molecule has 118 valence electrons. The molecule has 0 amide bonds. The van der Waals surface area contributed by atoms with Crippen LogP contribution in [-0.4, -0.2) is 62.3 Å². The Bertz CT molecular complexity index is 682. The Morgan fingerprint density at radius 3 is 2.55 bits per heavy atom. The van der Waals surface area contributed by atoms with E-state index in [0.29, 0.717) is 22.8 Å². The Hall–Kier alpha value is -1.77. The summed E-state index contributed by atoms with van der Waals surface area (Å²) in [4.78, 5) is 11.2. The van der Waals surface area contributed by atoms with Gasteiger partial charge in [-0.3, -0.25) is 4.79 Å². The van der Waals surface area contributed by atoms with Crippen molar-refractivity contribution in [3.05, 3.63) is 36.0 Å². The minimum absolute atomic E-state index is 0.424. The van der Waals surface area contributed by atoms with Crippen molar-refractivity contribution in [1.29, 1.82) is 0 Å². The molecule has 0 aliphatic carbocycles. The predicted octanol–water partition coefficient (Wildman–Crippen LogP) is -0.574. The van der Waals surface area contributed by atoms with Crippen molar-refractivity contribution in [1.82, 2.24) is 4.57 Å². The molecule has 7 nitrogen and oxygen atoms in total. The maximum atomic E-state index is 11.2. The molecule has 0 bridgehead atoms. The lowest BCUT2D eigenvalue weighted by atomic mass is 9.98. The Labute approximate surface area is 126 Å². The minimum atomic E-state index is -1.46. The monoisotopic (exact) mass is 307 g/mol. The van der Waals surface area contributed by atoms with Gasteiger partial charge in [-0.05, 0) is 6.07 Å². The lowest BCUT2D eigenvalue weighted by Gasteiger charge is -2.40. The van der Waals surface area contributed by atoms with Gasteiger partial charge >= 0.3 is 0 Å². The molecule has 1 aromatic carbocycles. The smallest absolute Gasteiger partial charge is 0.163 e. The topological polar surface area (TPSA) is 112 Å². The van der Waals surface area contributed by atoms with E-state index in [2.05, 4.69) is 0 Å². The van der Waals surface area contributed by atoms with Crippen LogP contribution < -0.4 is 0 Å². The van der Waals surface area contributed by atoms with E-state index >= 15 is 0 Å². The Kier molecular flexibility index (Phi) is 3.98. The van der Waals surface area contributed by atoms with Crippen molar-refractivity contribution in [2.24, 2.45) is 0 Å². The third-order valence-electron chi connectivity index (χ3n) is 4.04. The first kappa shape index (κ1) is 15.1. The molecule has 1 aromatic heterocycles. The van der Waals surface area contributed by atoms with E-state index in [4.69, 9.17) is 4.74 Å². The number of carbonyl (C=O) groups excluding carboxylic acids is 1. The van der Waals surface area contributed by atoms with Gasteiger partial charge in [-0.2, -0.15) is 0 Å². The van der Waals surface area contributed by atoms with Crippen molar-refractivity contribution in [2.45, 2.75) is 30.6 Å². The molecule has 1 aliphatic heterocycles.